The molecule has 1 rings (SSSR count). The van der Waals surface area contributed by atoms with Gasteiger partial charge in [0.05, 0.1) is 0 Å². The molecule has 0 amide bonds. The van der Waals surface area contributed by atoms with Crippen molar-refractivity contribution >= 4 is 25.0 Å². The molecule has 0 N–H and O–H groups in total. The Morgan fingerprint density at radius 2 is 1.18 bits per heavy atom. The molecule has 1 aromatic carbocycles. The van der Waals surface area contributed by atoms with E-state index in [2.05, 4.69) is 0 Å². The molecule has 0 saturated heterocycles. The van der Waals surface area contributed by atoms with Crippen molar-refractivity contribution in [1.29, 1.82) is 0 Å². The summed E-state index contributed by atoms with van der Waals surface area (Å²) in [6, 6.07) is 9.62. The van der Waals surface area contributed by atoms with Crippen molar-refractivity contribution in [1.82, 2.24) is 0 Å². The maximum absolute atomic E-state index is 4.81. The second kappa shape index (κ2) is 12.2. The Morgan fingerprint density at radius 1 is 0.818 bits per heavy atom. The van der Waals surface area contributed by atoms with Gasteiger partial charge in [-0.05, 0) is 12.1 Å². The molecule has 0 heterocycles. The third-order valence-corrected chi connectivity index (χ3v) is 1.02. The van der Waals surface area contributed by atoms with Crippen molar-refractivity contribution in [3.63, 3.8) is 0 Å². The zero-order chi connectivity index (χ0) is 5.11. The Hall–Kier alpha value is -0.480. The lowest BCUT2D eigenvalue weighted by atomic mass is 10.4. The fraction of sp³-hybridized carbons (Fsp3) is 0. The minimum atomic E-state index is 0. The second-order valence-corrected chi connectivity index (χ2v) is 1.78. The lowest BCUT2D eigenvalue weighted by Crippen LogP contribution is -1.56. The summed E-state index contributed by atoms with van der Waals surface area (Å²) in [6.07, 6.45) is 0. The summed E-state index contributed by atoms with van der Waals surface area (Å²) in [5, 5.41) is 0. The fourth-order valence-electron chi connectivity index (χ4n) is 0.420. The van der Waals surface area contributed by atoms with Gasteiger partial charge < -0.3 is 0 Å². The molecule has 0 fully saturated rings. The van der Waals surface area contributed by atoms with Gasteiger partial charge in [-0.25, -0.2) is 0 Å². The van der Waals surface area contributed by atoms with E-state index in [0.29, 0.717) is 0 Å². The summed E-state index contributed by atoms with van der Waals surface area (Å²) >= 11 is 4.81. The molecule has 0 spiro atoms. The van der Waals surface area contributed by atoms with Gasteiger partial charge in [0.15, 0.2) is 0 Å². The van der Waals surface area contributed by atoms with Crippen LogP contribution in [0.5, 0.6) is 0 Å². The average molecular weight is 206 g/mol. The summed E-state index contributed by atoms with van der Waals surface area (Å²) in [6.45, 7) is 0. The highest BCUT2D eigenvalue weighted by Crippen LogP contribution is 2.00. The van der Waals surface area contributed by atoms with Crippen LogP contribution in [-0.2, 0) is 0 Å². The van der Waals surface area contributed by atoms with Crippen LogP contribution in [0.4, 0.5) is 14.1 Å². The predicted molar refractivity (Wildman–Crippen MR) is 47.1 cm³/mol. The fourth-order valence-corrected chi connectivity index (χ4v) is 0.578. The minimum absolute atomic E-state index is 0. The number of hydrogen-bond donors (Lipinski definition) is 0. The topological polar surface area (TPSA) is 0 Å². The van der Waals surface area contributed by atoms with Crippen LogP contribution in [0.3, 0.4) is 0 Å². The zero-order valence-corrected chi connectivity index (χ0v) is 7.06. The highest BCUT2D eigenvalue weighted by atomic mass is 35.5. The quantitative estimate of drug-likeness (QED) is 0.611. The van der Waals surface area contributed by atoms with Gasteiger partial charge in [-0.1, -0.05) is 30.8 Å². The first-order chi connectivity index (χ1) is 3.39. The molecule has 1 radical (unpaired) electrons. The van der Waals surface area contributed by atoms with E-state index in [1.165, 1.54) is 0 Å². The molecule has 11 heavy (non-hydrogen) atoms. The van der Waals surface area contributed by atoms with Crippen LogP contribution in [0.1, 0.15) is 0 Å². The number of benzene rings is 1. The largest absolute Gasteiger partial charge is 0.269 e. The highest BCUT2D eigenvalue weighted by Gasteiger charge is 1.74. The highest BCUT2D eigenvalue weighted by molar-refractivity contribution is 7.80. The molecule has 0 unspecified atom stereocenters. The third kappa shape index (κ3) is 9.52. The monoisotopic (exact) mass is 205 g/mol. The van der Waals surface area contributed by atoms with Crippen molar-refractivity contribution in [2.45, 2.75) is 4.90 Å². The number of rotatable bonds is 0. The Kier molecular flexibility index (Phi) is 24.9. The van der Waals surface area contributed by atoms with Crippen molar-refractivity contribution in [2.24, 2.45) is 0 Å². The van der Waals surface area contributed by atoms with Crippen molar-refractivity contribution < 1.29 is 14.1 Å². The lowest BCUT2D eigenvalue weighted by molar-refractivity contribution is 1.11. The summed E-state index contributed by atoms with van der Waals surface area (Å²) in [5.41, 5.74) is 0. The third-order valence-electron chi connectivity index (χ3n) is 0.743. The summed E-state index contributed by atoms with van der Waals surface area (Å²) < 4.78 is 0. The van der Waals surface area contributed by atoms with E-state index in [1.54, 1.807) is 0 Å². The van der Waals surface area contributed by atoms with Crippen LogP contribution in [0.2, 0.25) is 0 Å². The summed E-state index contributed by atoms with van der Waals surface area (Å²) in [7, 11) is 0. The smallest absolute Gasteiger partial charge is 0.0377 e. The maximum Gasteiger partial charge on any atom is 0.0377 e. The van der Waals surface area contributed by atoms with Crippen LogP contribution in [0.25, 0.3) is 0 Å². The van der Waals surface area contributed by atoms with Crippen LogP contribution >= 0.6 is 25.0 Å². The standard InChI is InChI=1S/C6H5S.ClH.3FH/c7-6-4-2-1-3-5-6;;;;/h1-5H;4*1H. The Balaban J connectivity index is -0.0000000612. The molecule has 0 atom stereocenters. The Labute approximate surface area is 74.9 Å². The number of hydrogen-bond acceptors (Lipinski definition) is 0. The lowest BCUT2D eigenvalue weighted by Gasteiger charge is -1.80. The van der Waals surface area contributed by atoms with Gasteiger partial charge in [-0.3, -0.25) is 14.1 Å². The first kappa shape index (κ1) is 22.4. The second-order valence-electron chi connectivity index (χ2n) is 1.31. The van der Waals surface area contributed by atoms with Gasteiger partial charge in [0, 0.05) is 4.90 Å². The van der Waals surface area contributed by atoms with E-state index in [-0.39, 0.29) is 26.5 Å². The first-order valence-electron chi connectivity index (χ1n) is 2.11. The zero-order valence-electron chi connectivity index (χ0n) is 5.43. The molecule has 0 bridgehead atoms. The van der Waals surface area contributed by atoms with Crippen LogP contribution in [0, 0.1) is 0 Å². The van der Waals surface area contributed by atoms with Gasteiger partial charge in [-0.2, -0.15) is 0 Å². The van der Waals surface area contributed by atoms with E-state index in [1.807, 2.05) is 30.3 Å². The van der Waals surface area contributed by atoms with Gasteiger partial charge in [-0.15, -0.1) is 12.4 Å². The molecular weight excluding hydrogens is 197 g/mol. The molecule has 5 heteroatoms. The van der Waals surface area contributed by atoms with Crippen molar-refractivity contribution in [3.05, 3.63) is 30.3 Å². The predicted octanol–water partition coefficient (Wildman–Crippen LogP) is 3.12. The van der Waals surface area contributed by atoms with Crippen molar-refractivity contribution in [2.75, 3.05) is 0 Å². The Bertz CT molecular complexity index is 148. The SMILES string of the molecule is Cl.F.F.F.[S]c1ccccc1. The van der Waals surface area contributed by atoms with E-state index in [0.717, 1.165) is 4.90 Å². The molecular formula is C6H9ClF3S. The summed E-state index contributed by atoms with van der Waals surface area (Å²) in [5.74, 6) is 0. The van der Waals surface area contributed by atoms with Crippen LogP contribution in [0.15, 0.2) is 35.2 Å². The van der Waals surface area contributed by atoms with E-state index in [4.69, 9.17) is 12.6 Å². The van der Waals surface area contributed by atoms with Gasteiger partial charge in [0.2, 0.25) is 0 Å². The molecule has 0 aromatic heterocycles. The van der Waals surface area contributed by atoms with Crippen molar-refractivity contribution in [3.8, 4) is 0 Å². The first-order valence-corrected chi connectivity index (χ1v) is 2.52. The molecule has 0 saturated carbocycles. The Morgan fingerprint density at radius 3 is 1.36 bits per heavy atom. The molecule has 0 aliphatic carbocycles. The summed E-state index contributed by atoms with van der Waals surface area (Å²) in [4.78, 5) is 0.905. The van der Waals surface area contributed by atoms with Gasteiger partial charge in [0.25, 0.3) is 0 Å². The van der Waals surface area contributed by atoms with Crippen LogP contribution in [-0.4, -0.2) is 0 Å². The average Bonchev–Trinajstić information content (AvgIpc) is 1.69. The maximum atomic E-state index is 4.81. The minimum Gasteiger partial charge on any atom is -0.269 e. The normalized spacial score (nSPS) is 5.45. The van der Waals surface area contributed by atoms with E-state index in [9.17, 15) is 0 Å². The van der Waals surface area contributed by atoms with Gasteiger partial charge in [0.1, 0.15) is 0 Å². The molecule has 67 valence electrons. The molecule has 0 nitrogen and oxygen atoms in total. The van der Waals surface area contributed by atoms with Gasteiger partial charge >= 0.3 is 0 Å². The molecule has 1 aromatic rings. The van der Waals surface area contributed by atoms with E-state index < -0.39 is 0 Å². The molecule has 0 aliphatic rings. The van der Waals surface area contributed by atoms with Crippen LogP contribution < -0.4 is 0 Å². The number of halogens is 4. The van der Waals surface area contributed by atoms with E-state index >= 15 is 0 Å². The molecule has 0 aliphatic heterocycles.